The van der Waals surface area contributed by atoms with Crippen LogP contribution in [-0.4, -0.2) is 32.4 Å². The highest BCUT2D eigenvalue weighted by Crippen LogP contribution is 2.15. The lowest BCUT2D eigenvalue weighted by Gasteiger charge is -2.09. The number of amides is 1. The van der Waals surface area contributed by atoms with Gasteiger partial charge in [-0.15, -0.1) is 0 Å². The number of rotatable bonds is 5. The molecule has 1 atom stereocenters. The van der Waals surface area contributed by atoms with Gasteiger partial charge in [0.1, 0.15) is 5.92 Å². The van der Waals surface area contributed by atoms with Crippen LogP contribution >= 0.6 is 0 Å². The van der Waals surface area contributed by atoms with Crippen LogP contribution in [0.15, 0.2) is 29.2 Å². The molecule has 19 heavy (non-hydrogen) atoms. The second-order valence-corrected chi connectivity index (χ2v) is 5.67. The van der Waals surface area contributed by atoms with Gasteiger partial charge in [0, 0.05) is 5.69 Å². The van der Waals surface area contributed by atoms with Crippen LogP contribution < -0.4 is 10.0 Å². The molecule has 0 saturated heterocycles. The van der Waals surface area contributed by atoms with Crippen molar-refractivity contribution >= 4 is 27.6 Å². The Bertz CT molecular complexity index is 597. The summed E-state index contributed by atoms with van der Waals surface area (Å²) in [6, 6.07) is 5.53. The van der Waals surface area contributed by atoms with Crippen molar-refractivity contribution in [1.82, 2.24) is 4.72 Å². The molecule has 3 N–H and O–H groups in total. The van der Waals surface area contributed by atoms with Gasteiger partial charge in [0.05, 0.1) is 4.90 Å². The van der Waals surface area contributed by atoms with Gasteiger partial charge < -0.3 is 10.4 Å². The highest BCUT2D eigenvalue weighted by atomic mass is 32.2. The molecule has 0 fully saturated rings. The average Bonchev–Trinajstić information content (AvgIpc) is 2.37. The van der Waals surface area contributed by atoms with E-state index < -0.39 is 27.8 Å². The van der Waals surface area contributed by atoms with E-state index in [9.17, 15) is 18.0 Å². The number of hydrogen-bond donors (Lipinski definition) is 3. The van der Waals surface area contributed by atoms with Crippen molar-refractivity contribution in [3.05, 3.63) is 24.3 Å². The highest BCUT2D eigenvalue weighted by molar-refractivity contribution is 7.89. The Morgan fingerprint density at radius 2 is 1.95 bits per heavy atom. The van der Waals surface area contributed by atoms with Gasteiger partial charge in [0.25, 0.3) is 0 Å². The monoisotopic (exact) mass is 286 g/mol. The predicted molar refractivity (Wildman–Crippen MR) is 68.1 cm³/mol. The lowest BCUT2D eigenvalue weighted by molar-refractivity contribution is -0.144. The van der Waals surface area contributed by atoms with Crippen molar-refractivity contribution in [1.29, 1.82) is 0 Å². The van der Waals surface area contributed by atoms with Crippen molar-refractivity contribution in [3.8, 4) is 0 Å². The van der Waals surface area contributed by atoms with E-state index in [2.05, 4.69) is 10.0 Å². The molecule has 1 rings (SSSR count). The van der Waals surface area contributed by atoms with Crippen LogP contribution in [0, 0.1) is 5.92 Å². The number of nitrogens with one attached hydrogen (secondary N) is 2. The maximum atomic E-state index is 11.6. The molecular formula is C11H14N2O5S. The summed E-state index contributed by atoms with van der Waals surface area (Å²) in [6.45, 7) is 1.24. The van der Waals surface area contributed by atoms with Gasteiger partial charge in [-0.1, -0.05) is 6.07 Å². The van der Waals surface area contributed by atoms with Crippen LogP contribution in [0.2, 0.25) is 0 Å². The van der Waals surface area contributed by atoms with Gasteiger partial charge in [0.2, 0.25) is 15.9 Å². The minimum absolute atomic E-state index is 0.0178. The molecular weight excluding hydrogens is 272 g/mol. The first-order valence-corrected chi connectivity index (χ1v) is 6.83. The third kappa shape index (κ3) is 3.76. The van der Waals surface area contributed by atoms with Crippen molar-refractivity contribution < 1.29 is 23.1 Å². The normalized spacial score (nSPS) is 12.7. The minimum Gasteiger partial charge on any atom is -0.481 e. The first-order chi connectivity index (χ1) is 8.77. The SMILES string of the molecule is CNS(=O)(=O)c1cccc(NC(=O)C(C)C(=O)O)c1. The third-order valence-electron chi connectivity index (χ3n) is 2.44. The minimum atomic E-state index is -3.61. The lowest BCUT2D eigenvalue weighted by Crippen LogP contribution is -2.27. The Morgan fingerprint density at radius 1 is 1.32 bits per heavy atom. The van der Waals surface area contributed by atoms with Crippen molar-refractivity contribution in [2.45, 2.75) is 11.8 Å². The molecule has 0 radical (unpaired) electrons. The van der Waals surface area contributed by atoms with Gasteiger partial charge in [-0.25, -0.2) is 13.1 Å². The number of sulfonamides is 1. The number of aliphatic carboxylic acids is 1. The smallest absolute Gasteiger partial charge is 0.315 e. The molecule has 7 nitrogen and oxygen atoms in total. The van der Waals surface area contributed by atoms with E-state index in [1.165, 1.54) is 38.2 Å². The van der Waals surface area contributed by atoms with Crippen LogP contribution in [-0.2, 0) is 19.6 Å². The van der Waals surface area contributed by atoms with Gasteiger partial charge in [0.15, 0.2) is 0 Å². The summed E-state index contributed by atoms with van der Waals surface area (Å²) in [5, 5.41) is 11.0. The third-order valence-corrected chi connectivity index (χ3v) is 3.86. The van der Waals surface area contributed by atoms with E-state index >= 15 is 0 Å². The Morgan fingerprint density at radius 3 is 2.47 bits per heavy atom. The van der Waals surface area contributed by atoms with Gasteiger partial charge in [-0.2, -0.15) is 0 Å². The fourth-order valence-electron chi connectivity index (χ4n) is 1.22. The molecule has 0 aliphatic rings. The molecule has 0 heterocycles. The Hall–Kier alpha value is -1.93. The van der Waals surface area contributed by atoms with Crippen molar-refractivity contribution in [2.24, 2.45) is 5.92 Å². The maximum Gasteiger partial charge on any atom is 0.315 e. The number of benzene rings is 1. The first-order valence-electron chi connectivity index (χ1n) is 5.35. The largest absolute Gasteiger partial charge is 0.481 e. The van der Waals surface area contributed by atoms with Crippen molar-refractivity contribution in [3.63, 3.8) is 0 Å². The highest BCUT2D eigenvalue weighted by Gasteiger charge is 2.21. The van der Waals surface area contributed by atoms with E-state index in [-0.39, 0.29) is 10.6 Å². The average molecular weight is 286 g/mol. The van der Waals surface area contributed by atoms with Crippen molar-refractivity contribution in [2.75, 3.05) is 12.4 Å². The summed E-state index contributed by atoms with van der Waals surface area (Å²) in [6.07, 6.45) is 0. The number of carboxylic acid groups (broad SMARTS) is 1. The molecule has 0 bridgehead atoms. The second kappa shape index (κ2) is 5.81. The maximum absolute atomic E-state index is 11.6. The summed E-state index contributed by atoms with van der Waals surface area (Å²) in [4.78, 5) is 22.1. The molecule has 1 unspecified atom stereocenters. The van der Waals surface area contributed by atoms with Gasteiger partial charge in [-0.05, 0) is 32.2 Å². The molecule has 8 heteroatoms. The van der Waals surface area contributed by atoms with E-state index in [0.717, 1.165) is 0 Å². The van der Waals surface area contributed by atoms with E-state index in [1.807, 2.05) is 0 Å². The fourth-order valence-corrected chi connectivity index (χ4v) is 2.00. The molecule has 1 aromatic carbocycles. The van der Waals surface area contributed by atoms with E-state index in [4.69, 9.17) is 5.11 Å². The van der Waals surface area contributed by atoms with Crippen LogP contribution in [0.4, 0.5) is 5.69 Å². The zero-order valence-electron chi connectivity index (χ0n) is 10.4. The van der Waals surface area contributed by atoms with E-state index in [0.29, 0.717) is 0 Å². The topological polar surface area (TPSA) is 113 Å². The predicted octanol–water partition coefficient (Wildman–Crippen LogP) is 0.254. The summed E-state index contributed by atoms with van der Waals surface area (Å²) < 4.78 is 25.3. The van der Waals surface area contributed by atoms with Gasteiger partial charge in [-0.3, -0.25) is 9.59 Å². The molecule has 1 amide bonds. The number of carboxylic acids is 1. The Balaban J connectivity index is 2.96. The summed E-state index contributed by atoms with van der Waals surface area (Å²) in [5.41, 5.74) is 0.217. The standard InChI is InChI=1S/C11H14N2O5S/c1-7(11(15)16)10(14)13-8-4-3-5-9(6-8)19(17,18)12-2/h3-7,12H,1-2H3,(H,13,14)(H,15,16). The lowest BCUT2D eigenvalue weighted by atomic mass is 10.1. The molecule has 0 saturated carbocycles. The second-order valence-electron chi connectivity index (χ2n) is 3.78. The molecule has 104 valence electrons. The van der Waals surface area contributed by atoms with Crippen LogP contribution in [0.5, 0.6) is 0 Å². The molecule has 1 aromatic rings. The first kappa shape index (κ1) is 15.1. The molecule has 0 aromatic heterocycles. The molecule has 0 aliphatic heterocycles. The van der Waals surface area contributed by atoms with Crippen LogP contribution in [0.3, 0.4) is 0 Å². The zero-order chi connectivity index (χ0) is 14.6. The van der Waals surface area contributed by atoms with E-state index in [1.54, 1.807) is 0 Å². The summed E-state index contributed by atoms with van der Waals surface area (Å²) >= 11 is 0. The zero-order valence-corrected chi connectivity index (χ0v) is 11.2. The number of hydrogen-bond acceptors (Lipinski definition) is 4. The fraction of sp³-hybridized carbons (Fsp3) is 0.273. The molecule has 0 aliphatic carbocycles. The Kier molecular flexibility index (Phi) is 4.62. The summed E-state index contributed by atoms with van der Waals surface area (Å²) in [5.74, 6) is -3.19. The van der Waals surface area contributed by atoms with Crippen LogP contribution in [0.25, 0.3) is 0 Å². The molecule has 0 spiro atoms. The Labute approximate surface area is 110 Å². The summed E-state index contributed by atoms with van der Waals surface area (Å²) in [7, 11) is -2.34. The quantitative estimate of drug-likeness (QED) is 0.672. The van der Waals surface area contributed by atoms with Crippen LogP contribution in [0.1, 0.15) is 6.92 Å². The number of anilines is 1. The van der Waals surface area contributed by atoms with Gasteiger partial charge >= 0.3 is 5.97 Å². The number of carbonyl (C=O) groups excluding carboxylic acids is 1. The number of carbonyl (C=O) groups is 2.